The average Bonchev–Trinajstić information content (AvgIpc) is 3.01. The second kappa shape index (κ2) is 6.01. The van der Waals surface area contributed by atoms with Crippen molar-refractivity contribution >= 4 is 0 Å². The first-order chi connectivity index (χ1) is 11.3. The first-order valence-corrected chi connectivity index (χ1v) is 8.04. The summed E-state index contributed by atoms with van der Waals surface area (Å²) in [4.78, 5) is 4.43. The van der Waals surface area contributed by atoms with E-state index in [9.17, 15) is 0 Å². The Morgan fingerprint density at radius 3 is 2.91 bits per heavy atom. The summed E-state index contributed by atoms with van der Waals surface area (Å²) in [6.45, 7) is 3.71. The molecule has 3 aromatic rings. The predicted octanol–water partition coefficient (Wildman–Crippen LogP) is 3.27. The molecule has 1 fully saturated rings. The summed E-state index contributed by atoms with van der Waals surface area (Å²) >= 11 is 0. The molecule has 0 unspecified atom stereocenters. The van der Waals surface area contributed by atoms with Crippen LogP contribution in [-0.4, -0.2) is 14.8 Å². The standard InChI is InChI=1S/C18H20N4O/c1-13-10-16(13)17-6-5-15(23-17)12-19-11-14-4-2-7-20-18(14)22-9-3-8-21-22/h2-9,13,16,19H,10-12H2,1H3/t13-,16+/m1/s1. The van der Waals surface area contributed by atoms with Gasteiger partial charge in [-0.2, -0.15) is 5.10 Å². The molecule has 0 radical (unpaired) electrons. The van der Waals surface area contributed by atoms with Crippen molar-refractivity contribution in [2.75, 3.05) is 0 Å². The third-order valence-corrected chi connectivity index (χ3v) is 4.36. The second-order valence-corrected chi connectivity index (χ2v) is 6.16. The highest BCUT2D eigenvalue weighted by Crippen LogP contribution is 2.47. The summed E-state index contributed by atoms with van der Waals surface area (Å²) in [6.07, 6.45) is 6.70. The lowest BCUT2D eigenvalue weighted by Gasteiger charge is -2.08. The number of hydrogen-bond acceptors (Lipinski definition) is 4. The van der Waals surface area contributed by atoms with Crippen LogP contribution in [0, 0.1) is 5.92 Å². The number of nitrogens with one attached hydrogen (secondary N) is 1. The Hall–Kier alpha value is -2.40. The largest absolute Gasteiger partial charge is 0.464 e. The second-order valence-electron chi connectivity index (χ2n) is 6.16. The molecule has 0 aromatic carbocycles. The molecule has 5 nitrogen and oxygen atoms in total. The molecular formula is C18H20N4O. The molecule has 0 spiro atoms. The lowest BCUT2D eigenvalue weighted by molar-refractivity contribution is 0.444. The van der Waals surface area contributed by atoms with Crippen LogP contribution < -0.4 is 5.32 Å². The Labute approximate surface area is 135 Å². The molecule has 1 aliphatic rings. The summed E-state index contributed by atoms with van der Waals surface area (Å²) in [6, 6.07) is 10.1. The number of hydrogen-bond donors (Lipinski definition) is 1. The van der Waals surface area contributed by atoms with Crippen LogP contribution in [0.2, 0.25) is 0 Å². The van der Waals surface area contributed by atoms with E-state index in [1.54, 1.807) is 17.1 Å². The van der Waals surface area contributed by atoms with Crippen LogP contribution in [0.15, 0.2) is 53.3 Å². The molecule has 3 heterocycles. The first-order valence-electron chi connectivity index (χ1n) is 8.04. The molecular weight excluding hydrogens is 288 g/mol. The van der Waals surface area contributed by atoms with E-state index >= 15 is 0 Å². The van der Waals surface area contributed by atoms with Gasteiger partial charge in [0, 0.05) is 36.6 Å². The van der Waals surface area contributed by atoms with Gasteiger partial charge in [0.05, 0.1) is 6.54 Å². The Kier molecular flexibility index (Phi) is 3.71. The smallest absolute Gasteiger partial charge is 0.157 e. The van der Waals surface area contributed by atoms with Crippen LogP contribution in [0.4, 0.5) is 0 Å². The van der Waals surface area contributed by atoms with E-state index in [0.29, 0.717) is 12.5 Å². The van der Waals surface area contributed by atoms with Gasteiger partial charge < -0.3 is 9.73 Å². The monoisotopic (exact) mass is 308 g/mol. The molecule has 0 amide bonds. The Bertz CT molecular complexity index is 778. The van der Waals surface area contributed by atoms with Gasteiger partial charge in [0.15, 0.2) is 5.82 Å². The predicted molar refractivity (Wildman–Crippen MR) is 87.1 cm³/mol. The van der Waals surface area contributed by atoms with E-state index in [2.05, 4.69) is 40.5 Å². The summed E-state index contributed by atoms with van der Waals surface area (Å²) in [5, 5.41) is 7.69. The number of nitrogens with zero attached hydrogens (tertiary/aromatic N) is 3. The summed E-state index contributed by atoms with van der Waals surface area (Å²) in [5.74, 6) is 4.39. The molecule has 23 heavy (non-hydrogen) atoms. The zero-order valence-corrected chi connectivity index (χ0v) is 13.1. The van der Waals surface area contributed by atoms with Crippen molar-refractivity contribution in [3.05, 3.63) is 66.0 Å². The molecule has 2 atom stereocenters. The van der Waals surface area contributed by atoms with Crippen molar-refractivity contribution in [2.45, 2.75) is 32.4 Å². The molecule has 0 aliphatic heterocycles. The summed E-state index contributed by atoms with van der Waals surface area (Å²) < 4.78 is 7.71. The molecule has 4 rings (SSSR count). The molecule has 3 aromatic heterocycles. The maximum absolute atomic E-state index is 5.92. The first kappa shape index (κ1) is 14.2. The molecule has 0 saturated heterocycles. The van der Waals surface area contributed by atoms with E-state index in [4.69, 9.17) is 4.42 Å². The third kappa shape index (κ3) is 3.05. The SMILES string of the molecule is C[C@@H]1C[C@@H]1c1ccc(CNCc2cccnc2-n2cccn2)o1. The van der Waals surface area contributed by atoms with Crippen molar-refractivity contribution in [1.29, 1.82) is 0 Å². The quantitative estimate of drug-likeness (QED) is 0.759. The zero-order chi connectivity index (χ0) is 15.6. The van der Waals surface area contributed by atoms with E-state index < -0.39 is 0 Å². The normalized spacial score (nSPS) is 19.9. The van der Waals surface area contributed by atoms with Gasteiger partial charge in [0.1, 0.15) is 11.5 Å². The minimum atomic E-state index is 0.633. The van der Waals surface area contributed by atoms with Crippen molar-refractivity contribution in [3.8, 4) is 5.82 Å². The minimum absolute atomic E-state index is 0.633. The number of aromatic nitrogens is 3. The molecule has 1 N–H and O–H groups in total. The van der Waals surface area contributed by atoms with E-state index in [-0.39, 0.29) is 0 Å². The highest BCUT2D eigenvalue weighted by molar-refractivity contribution is 5.32. The van der Waals surface area contributed by atoms with Crippen LogP contribution in [0.5, 0.6) is 0 Å². The van der Waals surface area contributed by atoms with Crippen LogP contribution >= 0.6 is 0 Å². The maximum Gasteiger partial charge on any atom is 0.157 e. The molecule has 1 aliphatic carbocycles. The number of pyridine rings is 1. The number of rotatable bonds is 6. The Balaban J connectivity index is 1.39. The van der Waals surface area contributed by atoms with Gasteiger partial charge in [-0.1, -0.05) is 13.0 Å². The fraction of sp³-hybridized carbons (Fsp3) is 0.333. The highest BCUT2D eigenvalue weighted by Gasteiger charge is 2.36. The molecule has 1 saturated carbocycles. The molecule has 0 bridgehead atoms. The van der Waals surface area contributed by atoms with Crippen LogP contribution in [-0.2, 0) is 13.1 Å². The fourth-order valence-electron chi connectivity index (χ4n) is 2.90. The molecule has 5 heteroatoms. The lowest BCUT2D eigenvalue weighted by Crippen LogP contribution is -2.15. The summed E-state index contributed by atoms with van der Waals surface area (Å²) in [7, 11) is 0. The van der Waals surface area contributed by atoms with Crippen molar-refractivity contribution in [1.82, 2.24) is 20.1 Å². The Morgan fingerprint density at radius 1 is 1.22 bits per heavy atom. The average molecular weight is 308 g/mol. The van der Waals surface area contributed by atoms with E-state index in [1.165, 1.54) is 6.42 Å². The van der Waals surface area contributed by atoms with Crippen molar-refractivity contribution in [2.24, 2.45) is 5.92 Å². The summed E-state index contributed by atoms with van der Waals surface area (Å²) in [5.41, 5.74) is 1.11. The van der Waals surface area contributed by atoms with Crippen LogP contribution in [0.25, 0.3) is 5.82 Å². The van der Waals surface area contributed by atoms with Gasteiger partial charge in [0.25, 0.3) is 0 Å². The van der Waals surface area contributed by atoms with Crippen molar-refractivity contribution in [3.63, 3.8) is 0 Å². The lowest BCUT2D eigenvalue weighted by atomic mass is 10.2. The van der Waals surface area contributed by atoms with Gasteiger partial charge in [-0.05, 0) is 36.6 Å². The number of furan rings is 1. The van der Waals surface area contributed by atoms with Gasteiger partial charge in [0.2, 0.25) is 0 Å². The topological polar surface area (TPSA) is 55.9 Å². The van der Waals surface area contributed by atoms with Crippen LogP contribution in [0.3, 0.4) is 0 Å². The van der Waals surface area contributed by atoms with Gasteiger partial charge in [-0.25, -0.2) is 9.67 Å². The van der Waals surface area contributed by atoms with E-state index in [0.717, 1.165) is 35.4 Å². The van der Waals surface area contributed by atoms with E-state index in [1.807, 2.05) is 18.3 Å². The Morgan fingerprint density at radius 2 is 2.13 bits per heavy atom. The fourth-order valence-corrected chi connectivity index (χ4v) is 2.90. The molecule has 118 valence electrons. The van der Waals surface area contributed by atoms with Crippen molar-refractivity contribution < 1.29 is 4.42 Å². The zero-order valence-electron chi connectivity index (χ0n) is 13.1. The van der Waals surface area contributed by atoms with Crippen LogP contribution in [0.1, 0.15) is 36.3 Å². The van der Waals surface area contributed by atoms with Gasteiger partial charge in [-0.15, -0.1) is 0 Å². The third-order valence-electron chi connectivity index (χ3n) is 4.36. The van der Waals surface area contributed by atoms with Gasteiger partial charge >= 0.3 is 0 Å². The maximum atomic E-state index is 5.92. The highest BCUT2D eigenvalue weighted by atomic mass is 16.3. The minimum Gasteiger partial charge on any atom is -0.464 e. The van der Waals surface area contributed by atoms with Gasteiger partial charge in [-0.3, -0.25) is 0 Å².